The molecule has 1 amide bonds. The van der Waals surface area contributed by atoms with Gasteiger partial charge in [-0.2, -0.15) is 5.10 Å². The van der Waals surface area contributed by atoms with E-state index in [9.17, 15) is 4.79 Å². The van der Waals surface area contributed by atoms with E-state index < -0.39 is 0 Å². The first kappa shape index (κ1) is 20.0. The molecule has 156 valence electrons. The van der Waals surface area contributed by atoms with Crippen molar-refractivity contribution in [1.29, 1.82) is 0 Å². The molecule has 2 atom stereocenters. The minimum absolute atomic E-state index is 0.0741. The number of rotatable bonds is 8. The Labute approximate surface area is 173 Å². The third kappa shape index (κ3) is 4.17. The van der Waals surface area contributed by atoms with Crippen LogP contribution in [0.3, 0.4) is 0 Å². The molecule has 0 spiro atoms. The summed E-state index contributed by atoms with van der Waals surface area (Å²) < 4.78 is 7.94. The quantitative estimate of drug-likeness (QED) is 0.745. The van der Waals surface area contributed by atoms with Crippen LogP contribution in [0.4, 0.5) is 0 Å². The van der Waals surface area contributed by atoms with Gasteiger partial charge in [-0.15, -0.1) is 0 Å². The second-order valence-electron chi connectivity index (χ2n) is 8.61. The lowest BCUT2D eigenvalue weighted by Gasteiger charge is -2.26. The summed E-state index contributed by atoms with van der Waals surface area (Å²) in [6.07, 6.45) is 3.15. The zero-order valence-corrected chi connectivity index (χ0v) is 17.9. The average Bonchev–Trinajstić information content (AvgIpc) is 3.44. The Hall–Kier alpha value is -2.34. The lowest BCUT2D eigenvalue weighted by molar-refractivity contribution is -0.127. The molecule has 1 aromatic carbocycles. The average molecular weight is 397 g/mol. The van der Waals surface area contributed by atoms with Crippen molar-refractivity contribution in [3.05, 3.63) is 46.8 Å². The van der Waals surface area contributed by atoms with Gasteiger partial charge in [0.25, 0.3) is 0 Å². The molecule has 1 aromatic heterocycles. The maximum absolute atomic E-state index is 12.5. The van der Waals surface area contributed by atoms with Gasteiger partial charge in [0.05, 0.1) is 18.3 Å². The number of hydrogen-bond acceptors (Lipinski definition) is 4. The van der Waals surface area contributed by atoms with E-state index >= 15 is 0 Å². The highest BCUT2D eigenvalue weighted by atomic mass is 16.5. The van der Waals surface area contributed by atoms with Gasteiger partial charge in [0, 0.05) is 56.3 Å². The molecule has 2 aromatic rings. The molecule has 1 aliphatic carbocycles. The van der Waals surface area contributed by atoms with Crippen molar-refractivity contribution in [3.63, 3.8) is 0 Å². The first-order valence-corrected chi connectivity index (χ1v) is 10.6. The van der Waals surface area contributed by atoms with E-state index in [0.29, 0.717) is 6.42 Å². The van der Waals surface area contributed by atoms with Crippen LogP contribution in [0, 0.1) is 25.7 Å². The van der Waals surface area contributed by atoms with Crippen molar-refractivity contribution in [2.45, 2.75) is 45.7 Å². The summed E-state index contributed by atoms with van der Waals surface area (Å²) in [7, 11) is 3.88. The Kier molecular flexibility index (Phi) is 5.63. The molecule has 29 heavy (non-hydrogen) atoms. The van der Waals surface area contributed by atoms with Crippen LogP contribution in [0.2, 0.25) is 0 Å². The predicted octanol–water partition coefficient (Wildman–Crippen LogP) is 3.13. The van der Waals surface area contributed by atoms with Crippen molar-refractivity contribution in [2.24, 2.45) is 18.9 Å². The molecule has 0 bridgehead atoms. The summed E-state index contributed by atoms with van der Waals surface area (Å²) in [5, 5.41) is 8.16. The molecular formula is C23H32N4O2. The molecule has 0 unspecified atom stereocenters. The van der Waals surface area contributed by atoms with Gasteiger partial charge in [-0.25, -0.2) is 0 Å². The molecule has 1 aliphatic heterocycles. The van der Waals surface area contributed by atoms with Gasteiger partial charge in [0.15, 0.2) is 0 Å². The van der Waals surface area contributed by atoms with Gasteiger partial charge >= 0.3 is 0 Å². The Bertz CT molecular complexity index is 887. The highest BCUT2D eigenvalue weighted by Crippen LogP contribution is 2.39. The van der Waals surface area contributed by atoms with Crippen molar-refractivity contribution in [3.8, 4) is 5.75 Å². The van der Waals surface area contributed by atoms with E-state index in [1.807, 2.05) is 36.7 Å². The SMILES string of the molecule is Cc1nn(C)c(C)c1[C@H]1[C@H](CNCc2ccccc2OCC2CC2)CC(=O)N1C. The number of aryl methyl sites for hydroxylation is 2. The number of ether oxygens (including phenoxy) is 1. The molecule has 2 aliphatic rings. The second kappa shape index (κ2) is 8.19. The number of carbonyl (C=O) groups excluding carboxylic acids is 1. The number of likely N-dealkylation sites (tertiary alicyclic amines) is 1. The second-order valence-corrected chi connectivity index (χ2v) is 8.61. The number of hydrogen-bond donors (Lipinski definition) is 1. The molecule has 1 N–H and O–H groups in total. The fourth-order valence-electron chi connectivity index (χ4n) is 4.46. The molecule has 6 nitrogen and oxygen atoms in total. The normalized spacial score (nSPS) is 21.8. The van der Waals surface area contributed by atoms with Crippen molar-refractivity contribution >= 4 is 5.91 Å². The molecule has 2 fully saturated rings. The molecule has 2 heterocycles. The van der Waals surface area contributed by atoms with Gasteiger partial charge in [-0.3, -0.25) is 9.48 Å². The number of para-hydroxylation sites is 1. The largest absolute Gasteiger partial charge is 0.493 e. The van der Waals surface area contributed by atoms with Crippen molar-refractivity contribution < 1.29 is 9.53 Å². The van der Waals surface area contributed by atoms with Gasteiger partial charge < -0.3 is 15.0 Å². The Morgan fingerprint density at radius 1 is 1.21 bits per heavy atom. The van der Waals surface area contributed by atoms with E-state index in [2.05, 4.69) is 35.5 Å². The minimum Gasteiger partial charge on any atom is -0.493 e. The maximum atomic E-state index is 12.5. The Morgan fingerprint density at radius 3 is 2.66 bits per heavy atom. The van der Waals surface area contributed by atoms with E-state index in [4.69, 9.17) is 4.74 Å². The van der Waals surface area contributed by atoms with Crippen LogP contribution in [-0.4, -0.2) is 40.8 Å². The number of aromatic nitrogens is 2. The van der Waals surface area contributed by atoms with Crippen LogP contribution in [0.1, 0.15) is 47.8 Å². The van der Waals surface area contributed by atoms with Gasteiger partial charge in [-0.05, 0) is 38.7 Å². The summed E-state index contributed by atoms with van der Waals surface area (Å²) in [6.45, 7) is 6.47. The van der Waals surface area contributed by atoms with E-state index in [-0.39, 0.29) is 17.9 Å². The topological polar surface area (TPSA) is 59.4 Å². The first-order valence-electron chi connectivity index (χ1n) is 10.6. The van der Waals surface area contributed by atoms with Crippen LogP contribution < -0.4 is 10.1 Å². The monoisotopic (exact) mass is 396 g/mol. The zero-order valence-electron chi connectivity index (χ0n) is 17.9. The number of nitrogens with one attached hydrogen (secondary N) is 1. The maximum Gasteiger partial charge on any atom is 0.223 e. The lowest BCUT2D eigenvalue weighted by atomic mass is 9.92. The fourth-order valence-corrected chi connectivity index (χ4v) is 4.46. The predicted molar refractivity (Wildman–Crippen MR) is 113 cm³/mol. The van der Waals surface area contributed by atoms with E-state index in [0.717, 1.165) is 42.8 Å². The highest BCUT2D eigenvalue weighted by Gasteiger charge is 2.40. The number of benzene rings is 1. The molecule has 6 heteroatoms. The number of nitrogens with zero attached hydrogens (tertiary/aromatic N) is 3. The van der Waals surface area contributed by atoms with Crippen molar-refractivity contribution in [2.75, 3.05) is 20.2 Å². The number of amides is 1. The first-order chi connectivity index (χ1) is 14.0. The Morgan fingerprint density at radius 2 is 1.97 bits per heavy atom. The smallest absolute Gasteiger partial charge is 0.223 e. The van der Waals surface area contributed by atoms with Gasteiger partial charge in [0.1, 0.15) is 5.75 Å². The van der Waals surface area contributed by atoms with Crippen LogP contribution in [0.15, 0.2) is 24.3 Å². The third-order valence-electron chi connectivity index (χ3n) is 6.42. The summed E-state index contributed by atoms with van der Waals surface area (Å²) >= 11 is 0. The minimum atomic E-state index is 0.0741. The fraction of sp³-hybridized carbons (Fsp3) is 0.565. The molecule has 4 rings (SSSR count). The highest BCUT2D eigenvalue weighted by molar-refractivity contribution is 5.79. The number of carbonyl (C=O) groups is 1. The summed E-state index contributed by atoms with van der Waals surface area (Å²) in [5.41, 5.74) is 4.52. The van der Waals surface area contributed by atoms with Gasteiger partial charge in [0.2, 0.25) is 5.91 Å². The van der Waals surface area contributed by atoms with Crippen LogP contribution >= 0.6 is 0 Å². The third-order valence-corrected chi connectivity index (χ3v) is 6.42. The molecular weight excluding hydrogens is 364 g/mol. The molecule has 1 saturated heterocycles. The van der Waals surface area contributed by atoms with Crippen molar-refractivity contribution in [1.82, 2.24) is 20.0 Å². The van der Waals surface area contributed by atoms with E-state index in [1.165, 1.54) is 24.0 Å². The summed E-state index contributed by atoms with van der Waals surface area (Å²) in [6, 6.07) is 8.33. The Balaban J connectivity index is 1.43. The van der Waals surface area contributed by atoms with Crippen LogP contribution in [0.25, 0.3) is 0 Å². The van der Waals surface area contributed by atoms with Crippen LogP contribution in [-0.2, 0) is 18.4 Å². The van der Waals surface area contributed by atoms with Gasteiger partial charge in [-0.1, -0.05) is 18.2 Å². The zero-order chi connectivity index (χ0) is 20.5. The summed E-state index contributed by atoms with van der Waals surface area (Å²) in [4.78, 5) is 14.4. The molecule has 1 saturated carbocycles. The van der Waals surface area contributed by atoms with E-state index in [1.54, 1.807) is 0 Å². The van der Waals surface area contributed by atoms with Crippen LogP contribution in [0.5, 0.6) is 5.75 Å². The standard InChI is InChI=1S/C23H32N4O2/c1-15-22(16(2)27(4)25-15)23-19(11-21(28)26(23)3)13-24-12-18-7-5-6-8-20(18)29-14-17-9-10-17/h5-8,17,19,23-24H,9-14H2,1-4H3/t19-,23+/m0/s1. The lowest BCUT2D eigenvalue weighted by Crippen LogP contribution is -2.30. The molecule has 0 radical (unpaired) electrons. The summed E-state index contributed by atoms with van der Waals surface area (Å²) in [5.74, 6) is 2.15.